The summed E-state index contributed by atoms with van der Waals surface area (Å²) in [6, 6.07) is 12.9. The Bertz CT molecular complexity index is 650. The van der Waals surface area contributed by atoms with E-state index in [0.717, 1.165) is 17.2 Å². The van der Waals surface area contributed by atoms with Crippen molar-refractivity contribution in [2.24, 2.45) is 0 Å². The van der Waals surface area contributed by atoms with Crippen LogP contribution in [-0.2, 0) is 10.0 Å². The summed E-state index contributed by atoms with van der Waals surface area (Å²) in [5.41, 5.74) is 0. The van der Waals surface area contributed by atoms with E-state index < -0.39 is 10.0 Å². The molecule has 4 heteroatoms. The lowest BCUT2D eigenvalue weighted by atomic mass is 10.1. The Morgan fingerprint density at radius 3 is 2.44 bits per heavy atom. The average Bonchev–Trinajstić information content (AvgIpc) is 2.37. The number of fused-ring (bicyclic) bond motifs is 1. The lowest BCUT2D eigenvalue weighted by Crippen LogP contribution is -2.31. The van der Waals surface area contributed by atoms with Crippen LogP contribution in [0.2, 0.25) is 0 Å². The lowest BCUT2D eigenvalue weighted by molar-refractivity contribution is 0.556. The van der Waals surface area contributed by atoms with Crippen molar-refractivity contribution >= 4 is 20.8 Å². The second kappa shape index (κ2) is 5.08. The summed E-state index contributed by atoms with van der Waals surface area (Å²) >= 11 is 0. The molecule has 0 bridgehead atoms. The number of hydrogen-bond acceptors (Lipinski definition) is 2. The smallest absolute Gasteiger partial charge is 0.208 e. The van der Waals surface area contributed by atoms with Crippen LogP contribution in [0.5, 0.6) is 0 Å². The largest absolute Gasteiger partial charge is 0.240 e. The highest BCUT2D eigenvalue weighted by molar-refractivity contribution is 7.89. The molecule has 0 aliphatic carbocycles. The lowest BCUT2D eigenvalue weighted by Gasteiger charge is -2.12. The van der Waals surface area contributed by atoms with Gasteiger partial charge in [-0.15, -0.1) is 0 Å². The summed E-state index contributed by atoms with van der Waals surface area (Å²) in [5, 5.41) is 1.98. The van der Waals surface area contributed by atoms with Gasteiger partial charge in [0.25, 0.3) is 0 Å². The van der Waals surface area contributed by atoms with Gasteiger partial charge in [-0.1, -0.05) is 37.3 Å². The van der Waals surface area contributed by atoms with Gasteiger partial charge >= 0.3 is 0 Å². The first-order chi connectivity index (χ1) is 8.53. The van der Waals surface area contributed by atoms with Crippen LogP contribution in [0.4, 0.5) is 0 Å². The molecule has 18 heavy (non-hydrogen) atoms. The Morgan fingerprint density at radius 1 is 1.11 bits per heavy atom. The first-order valence-electron chi connectivity index (χ1n) is 6.04. The fraction of sp³-hybridized carbons (Fsp3) is 0.286. The topological polar surface area (TPSA) is 46.2 Å². The number of hydrogen-bond donors (Lipinski definition) is 1. The molecule has 0 saturated carbocycles. The minimum absolute atomic E-state index is 0.0542. The number of benzene rings is 2. The molecule has 0 amide bonds. The molecule has 0 spiro atoms. The van der Waals surface area contributed by atoms with Gasteiger partial charge in [-0.3, -0.25) is 0 Å². The van der Waals surface area contributed by atoms with Crippen molar-refractivity contribution < 1.29 is 8.42 Å². The van der Waals surface area contributed by atoms with Crippen molar-refractivity contribution in [1.29, 1.82) is 0 Å². The first kappa shape index (κ1) is 13.1. The molecule has 1 atom stereocenters. The van der Waals surface area contributed by atoms with Crippen molar-refractivity contribution in [3.05, 3.63) is 42.5 Å². The summed E-state index contributed by atoms with van der Waals surface area (Å²) in [6.45, 7) is 3.81. The van der Waals surface area contributed by atoms with Crippen molar-refractivity contribution in [1.82, 2.24) is 4.72 Å². The Labute approximate surface area is 108 Å². The summed E-state index contributed by atoms with van der Waals surface area (Å²) in [7, 11) is -3.41. The van der Waals surface area contributed by atoms with Gasteiger partial charge in [-0.2, -0.15) is 0 Å². The Hall–Kier alpha value is -1.39. The van der Waals surface area contributed by atoms with Crippen LogP contribution in [0.3, 0.4) is 0 Å². The van der Waals surface area contributed by atoms with E-state index >= 15 is 0 Å². The third kappa shape index (κ3) is 2.71. The van der Waals surface area contributed by atoms with Crippen LogP contribution in [0, 0.1) is 0 Å². The molecular formula is C14H17NO2S. The van der Waals surface area contributed by atoms with Gasteiger partial charge in [0, 0.05) is 6.04 Å². The van der Waals surface area contributed by atoms with Gasteiger partial charge in [0.1, 0.15) is 0 Å². The monoisotopic (exact) mass is 263 g/mol. The van der Waals surface area contributed by atoms with Gasteiger partial charge in [0.15, 0.2) is 0 Å². The Morgan fingerprint density at radius 2 is 1.78 bits per heavy atom. The maximum Gasteiger partial charge on any atom is 0.240 e. The predicted octanol–water partition coefficient (Wildman–Crippen LogP) is 2.92. The van der Waals surface area contributed by atoms with Crippen molar-refractivity contribution in [3.8, 4) is 0 Å². The van der Waals surface area contributed by atoms with E-state index in [1.54, 1.807) is 12.1 Å². The second-order valence-corrected chi connectivity index (χ2v) is 6.15. The van der Waals surface area contributed by atoms with E-state index in [1.165, 1.54) is 0 Å². The molecule has 2 aromatic carbocycles. The fourth-order valence-electron chi connectivity index (χ4n) is 1.75. The van der Waals surface area contributed by atoms with Crippen LogP contribution in [0.1, 0.15) is 20.3 Å². The zero-order chi connectivity index (χ0) is 13.2. The highest BCUT2D eigenvalue weighted by Crippen LogP contribution is 2.19. The van der Waals surface area contributed by atoms with Gasteiger partial charge in [0.2, 0.25) is 10.0 Å². The molecule has 0 fully saturated rings. The molecule has 0 aliphatic rings. The Kier molecular flexibility index (Phi) is 3.68. The van der Waals surface area contributed by atoms with Crippen molar-refractivity contribution in [3.63, 3.8) is 0 Å². The molecule has 3 nitrogen and oxygen atoms in total. The normalized spacial score (nSPS) is 13.7. The zero-order valence-electron chi connectivity index (χ0n) is 10.6. The standard InChI is InChI=1S/C14H17NO2S/c1-3-11(2)15-18(16,17)14-9-8-12-6-4-5-7-13(12)10-14/h4-11,15H,3H2,1-2H3/t11-/m0/s1. The van der Waals surface area contributed by atoms with E-state index in [-0.39, 0.29) is 6.04 Å². The maximum absolute atomic E-state index is 12.1. The minimum Gasteiger partial charge on any atom is -0.208 e. The van der Waals surface area contributed by atoms with Crippen LogP contribution in [0.25, 0.3) is 10.8 Å². The summed E-state index contributed by atoms with van der Waals surface area (Å²) in [4.78, 5) is 0.321. The molecule has 0 radical (unpaired) electrons. The first-order valence-corrected chi connectivity index (χ1v) is 7.52. The highest BCUT2D eigenvalue weighted by atomic mass is 32.2. The van der Waals surface area contributed by atoms with E-state index in [0.29, 0.717) is 4.90 Å². The number of nitrogens with one attached hydrogen (secondary N) is 1. The van der Waals surface area contributed by atoms with E-state index in [1.807, 2.05) is 44.2 Å². The molecule has 0 aliphatic heterocycles. The average molecular weight is 263 g/mol. The van der Waals surface area contributed by atoms with E-state index in [9.17, 15) is 8.42 Å². The molecule has 96 valence electrons. The van der Waals surface area contributed by atoms with Crippen molar-refractivity contribution in [2.45, 2.75) is 31.2 Å². The van der Waals surface area contributed by atoms with Gasteiger partial charge in [-0.25, -0.2) is 13.1 Å². The summed E-state index contributed by atoms with van der Waals surface area (Å²) in [5.74, 6) is 0. The number of rotatable bonds is 4. The number of sulfonamides is 1. The SMILES string of the molecule is CC[C@H](C)NS(=O)(=O)c1ccc2ccccc2c1. The predicted molar refractivity (Wildman–Crippen MR) is 74.0 cm³/mol. The van der Waals surface area contributed by atoms with Gasteiger partial charge in [-0.05, 0) is 36.2 Å². The molecule has 0 heterocycles. The van der Waals surface area contributed by atoms with Crippen LogP contribution < -0.4 is 4.72 Å². The molecule has 0 unspecified atom stereocenters. The quantitative estimate of drug-likeness (QED) is 0.922. The molecule has 2 aromatic rings. The molecule has 1 N–H and O–H groups in total. The molecule has 2 rings (SSSR count). The van der Waals surface area contributed by atoms with Crippen LogP contribution in [-0.4, -0.2) is 14.5 Å². The molecule has 0 aromatic heterocycles. The molecular weight excluding hydrogens is 246 g/mol. The Balaban J connectivity index is 2.41. The van der Waals surface area contributed by atoms with Crippen LogP contribution in [0.15, 0.2) is 47.4 Å². The van der Waals surface area contributed by atoms with Crippen LogP contribution >= 0.6 is 0 Å². The van der Waals surface area contributed by atoms with Crippen molar-refractivity contribution in [2.75, 3.05) is 0 Å². The molecule has 0 saturated heterocycles. The summed E-state index contributed by atoms with van der Waals surface area (Å²) in [6.07, 6.45) is 0.771. The van der Waals surface area contributed by atoms with Gasteiger partial charge < -0.3 is 0 Å². The second-order valence-electron chi connectivity index (χ2n) is 4.44. The third-order valence-corrected chi connectivity index (χ3v) is 4.59. The van der Waals surface area contributed by atoms with E-state index in [2.05, 4.69) is 4.72 Å². The maximum atomic E-state index is 12.1. The highest BCUT2D eigenvalue weighted by Gasteiger charge is 2.16. The zero-order valence-corrected chi connectivity index (χ0v) is 11.4. The third-order valence-electron chi connectivity index (χ3n) is 3.00. The fourth-order valence-corrected chi connectivity index (χ4v) is 3.11. The van der Waals surface area contributed by atoms with Gasteiger partial charge in [0.05, 0.1) is 4.90 Å². The summed E-state index contributed by atoms with van der Waals surface area (Å²) < 4.78 is 26.9. The van der Waals surface area contributed by atoms with E-state index in [4.69, 9.17) is 0 Å². The minimum atomic E-state index is -3.41.